The van der Waals surface area contributed by atoms with Crippen molar-refractivity contribution in [2.24, 2.45) is 5.73 Å². The summed E-state index contributed by atoms with van der Waals surface area (Å²) in [5.74, 6) is 0.473. The normalized spacial score (nSPS) is 16.1. The average molecular weight is 225 g/mol. The summed E-state index contributed by atoms with van der Waals surface area (Å²) >= 11 is 1.75. The van der Waals surface area contributed by atoms with E-state index in [1.165, 1.54) is 23.4 Å². The molecule has 1 fully saturated rings. The Morgan fingerprint density at radius 1 is 1.53 bits per heavy atom. The van der Waals surface area contributed by atoms with Crippen LogP contribution in [0, 0.1) is 0 Å². The molecule has 0 atom stereocenters. The summed E-state index contributed by atoms with van der Waals surface area (Å²) in [5.41, 5.74) is 6.93. The van der Waals surface area contributed by atoms with E-state index in [1.807, 2.05) is 0 Å². The Kier molecular flexibility index (Phi) is 2.98. The van der Waals surface area contributed by atoms with E-state index in [0.717, 1.165) is 11.2 Å². The van der Waals surface area contributed by atoms with Crippen LogP contribution in [0.5, 0.6) is 0 Å². The zero-order valence-electron chi connectivity index (χ0n) is 9.66. The largest absolute Gasteiger partial charge is 0.348 e. The van der Waals surface area contributed by atoms with Crippen molar-refractivity contribution in [1.29, 1.82) is 0 Å². The molecule has 2 rings (SSSR count). The number of nitrogens with zero attached hydrogens (tertiary/aromatic N) is 2. The number of aromatic nitrogens is 1. The molecule has 1 saturated carbocycles. The first kappa shape index (κ1) is 10.9. The molecule has 0 saturated heterocycles. The van der Waals surface area contributed by atoms with E-state index in [2.05, 4.69) is 25.8 Å². The van der Waals surface area contributed by atoms with Crippen LogP contribution in [-0.4, -0.2) is 18.1 Å². The van der Waals surface area contributed by atoms with Gasteiger partial charge in [0.1, 0.15) is 0 Å². The number of thiazole rings is 1. The van der Waals surface area contributed by atoms with Crippen LogP contribution < -0.4 is 10.6 Å². The lowest BCUT2D eigenvalue weighted by Crippen LogP contribution is -2.19. The molecule has 1 aromatic heterocycles. The van der Waals surface area contributed by atoms with E-state index >= 15 is 0 Å². The van der Waals surface area contributed by atoms with Gasteiger partial charge in [0.25, 0.3) is 0 Å². The molecule has 0 radical (unpaired) electrons. The minimum absolute atomic E-state index is 0.473. The van der Waals surface area contributed by atoms with Crippen LogP contribution in [0.1, 0.15) is 43.2 Å². The summed E-state index contributed by atoms with van der Waals surface area (Å²) in [7, 11) is 2.14. The standard InChI is InChI=1S/C11H19N3S/c1-7(2)10-9(6-12)15-11(13-10)14(3)8-4-5-8/h7-8H,4-6,12H2,1-3H3. The number of rotatable bonds is 4. The van der Waals surface area contributed by atoms with E-state index in [9.17, 15) is 0 Å². The van der Waals surface area contributed by atoms with Crippen LogP contribution >= 0.6 is 11.3 Å². The summed E-state index contributed by atoms with van der Waals surface area (Å²) in [4.78, 5) is 8.25. The zero-order chi connectivity index (χ0) is 11.0. The van der Waals surface area contributed by atoms with Crippen LogP contribution in [-0.2, 0) is 6.54 Å². The SMILES string of the molecule is CC(C)c1nc(N(C)C2CC2)sc1CN. The number of anilines is 1. The van der Waals surface area contributed by atoms with Gasteiger partial charge in [-0.1, -0.05) is 13.8 Å². The van der Waals surface area contributed by atoms with E-state index in [0.29, 0.717) is 12.5 Å². The molecule has 1 aliphatic rings. The highest BCUT2D eigenvalue weighted by atomic mass is 32.1. The van der Waals surface area contributed by atoms with Gasteiger partial charge in [-0.25, -0.2) is 4.98 Å². The highest BCUT2D eigenvalue weighted by Gasteiger charge is 2.29. The van der Waals surface area contributed by atoms with Crippen molar-refractivity contribution in [2.75, 3.05) is 11.9 Å². The molecule has 0 amide bonds. The van der Waals surface area contributed by atoms with Crippen LogP contribution in [0.25, 0.3) is 0 Å². The van der Waals surface area contributed by atoms with Gasteiger partial charge in [0.05, 0.1) is 5.69 Å². The fraction of sp³-hybridized carbons (Fsp3) is 0.727. The molecule has 1 aromatic rings. The lowest BCUT2D eigenvalue weighted by Gasteiger charge is -2.13. The first-order chi connectivity index (χ1) is 7.13. The van der Waals surface area contributed by atoms with Crippen molar-refractivity contribution in [3.8, 4) is 0 Å². The van der Waals surface area contributed by atoms with Crippen molar-refractivity contribution in [3.05, 3.63) is 10.6 Å². The molecule has 15 heavy (non-hydrogen) atoms. The van der Waals surface area contributed by atoms with Crippen molar-refractivity contribution in [3.63, 3.8) is 0 Å². The fourth-order valence-corrected chi connectivity index (χ4v) is 2.84. The molecule has 84 valence electrons. The molecule has 0 aliphatic heterocycles. The van der Waals surface area contributed by atoms with E-state index in [4.69, 9.17) is 10.7 Å². The second-order valence-electron chi connectivity index (χ2n) is 4.51. The lowest BCUT2D eigenvalue weighted by molar-refractivity contribution is 0.804. The maximum atomic E-state index is 5.75. The summed E-state index contributed by atoms with van der Waals surface area (Å²) in [6, 6.07) is 0.724. The minimum atomic E-state index is 0.473. The van der Waals surface area contributed by atoms with Crippen molar-refractivity contribution in [1.82, 2.24) is 4.98 Å². The summed E-state index contributed by atoms with van der Waals surface area (Å²) < 4.78 is 0. The molecule has 0 bridgehead atoms. The zero-order valence-corrected chi connectivity index (χ0v) is 10.5. The monoisotopic (exact) mass is 225 g/mol. The molecule has 1 aliphatic carbocycles. The van der Waals surface area contributed by atoms with Gasteiger partial charge in [0.2, 0.25) is 0 Å². The van der Waals surface area contributed by atoms with Crippen molar-refractivity contribution >= 4 is 16.5 Å². The van der Waals surface area contributed by atoms with Gasteiger partial charge in [-0.2, -0.15) is 0 Å². The van der Waals surface area contributed by atoms with Gasteiger partial charge in [-0.15, -0.1) is 11.3 Å². The van der Waals surface area contributed by atoms with Gasteiger partial charge < -0.3 is 10.6 Å². The molecule has 0 unspecified atom stereocenters. The third-order valence-corrected chi connectivity index (χ3v) is 4.03. The van der Waals surface area contributed by atoms with Crippen molar-refractivity contribution < 1.29 is 0 Å². The second kappa shape index (κ2) is 4.10. The molecular formula is C11H19N3S. The van der Waals surface area contributed by atoms with Gasteiger partial charge >= 0.3 is 0 Å². The van der Waals surface area contributed by atoms with Gasteiger partial charge in [-0.05, 0) is 18.8 Å². The highest BCUT2D eigenvalue weighted by molar-refractivity contribution is 7.15. The molecule has 2 N–H and O–H groups in total. The minimum Gasteiger partial charge on any atom is -0.348 e. The predicted octanol–water partition coefficient (Wildman–Crippen LogP) is 2.32. The topological polar surface area (TPSA) is 42.2 Å². The highest BCUT2D eigenvalue weighted by Crippen LogP contribution is 2.35. The molecule has 0 aromatic carbocycles. The fourth-order valence-electron chi connectivity index (χ4n) is 1.72. The third-order valence-electron chi connectivity index (χ3n) is 2.84. The second-order valence-corrected chi connectivity index (χ2v) is 5.57. The molecular weight excluding hydrogens is 206 g/mol. The van der Waals surface area contributed by atoms with Gasteiger partial charge in [0.15, 0.2) is 5.13 Å². The number of hydrogen-bond donors (Lipinski definition) is 1. The van der Waals surface area contributed by atoms with E-state index in [1.54, 1.807) is 11.3 Å². The smallest absolute Gasteiger partial charge is 0.185 e. The van der Waals surface area contributed by atoms with Crippen LogP contribution in [0.4, 0.5) is 5.13 Å². The Morgan fingerprint density at radius 2 is 2.20 bits per heavy atom. The first-order valence-corrected chi connectivity index (χ1v) is 6.37. The third kappa shape index (κ3) is 2.16. The van der Waals surface area contributed by atoms with Crippen LogP contribution in [0.2, 0.25) is 0 Å². The van der Waals surface area contributed by atoms with E-state index in [-0.39, 0.29) is 0 Å². The summed E-state index contributed by atoms with van der Waals surface area (Å²) in [6.07, 6.45) is 2.62. The molecule has 4 heteroatoms. The number of nitrogens with two attached hydrogens (primary N) is 1. The van der Waals surface area contributed by atoms with Crippen LogP contribution in [0.15, 0.2) is 0 Å². The molecule has 1 heterocycles. The van der Waals surface area contributed by atoms with Crippen LogP contribution in [0.3, 0.4) is 0 Å². The van der Waals surface area contributed by atoms with E-state index < -0.39 is 0 Å². The predicted molar refractivity (Wildman–Crippen MR) is 65.5 cm³/mol. The lowest BCUT2D eigenvalue weighted by atomic mass is 10.1. The molecule has 0 spiro atoms. The van der Waals surface area contributed by atoms with Crippen molar-refractivity contribution in [2.45, 2.75) is 45.2 Å². The first-order valence-electron chi connectivity index (χ1n) is 5.56. The Hall–Kier alpha value is -0.610. The Balaban J connectivity index is 2.24. The Morgan fingerprint density at radius 3 is 2.60 bits per heavy atom. The van der Waals surface area contributed by atoms with Gasteiger partial charge in [0, 0.05) is 24.5 Å². The maximum absolute atomic E-state index is 5.75. The summed E-state index contributed by atoms with van der Waals surface area (Å²) in [6.45, 7) is 4.97. The average Bonchev–Trinajstić information content (AvgIpc) is 2.95. The maximum Gasteiger partial charge on any atom is 0.185 e. The Labute approximate surface area is 95.3 Å². The Bertz CT molecular complexity index is 342. The summed E-state index contributed by atoms with van der Waals surface area (Å²) in [5, 5.41) is 1.14. The molecule has 3 nitrogen and oxygen atoms in total. The van der Waals surface area contributed by atoms with Gasteiger partial charge in [-0.3, -0.25) is 0 Å². The quantitative estimate of drug-likeness (QED) is 0.855. The number of hydrogen-bond acceptors (Lipinski definition) is 4.